The van der Waals surface area contributed by atoms with E-state index in [0.29, 0.717) is 47.7 Å². The number of pyridine rings is 1. The van der Waals surface area contributed by atoms with Crippen LogP contribution in [-0.4, -0.2) is 66.3 Å². The summed E-state index contributed by atoms with van der Waals surface area (Å²) in [6, 6.07) is 14.6. The lowest BCUT2D eigenvalue weighted by Crippen LogP contribution is -2.38. The number of rotatable bonds is 9. The Morgan fingerprint density at radius 1 is 1.04 bits per heavy atom. The molecule has 12 nitrogen and oxygen atoms in total. The van der Waals surface area contributed by atoms with Crippen LogP contribution in [0.1, 0.15) is 56.8 Å². The molecule has 5 rings (SSSR count). The maximum atomic E-state index is 14.6. The topological polar surface area (TPSA) is 181 Å². The van der Waals surface area contributed by atoms with Crippen molar-refractivity contribution in [3.63, 3.8) is 0 Å². The molecular weight excluding hydrogens is 710 g/mol. The fraction of sp³-hybridized carbons (Fsp3) is 0.314. The summed E-state index contributed by atoms with van der Waals surface area (Å²) in [5, 5.41) is 14.0. The number of nitrogens with two attached hydrogens (primary N) is 1. The number of halogens is 4. The molecule has 1 aliphatic rings. The number of nitrogens with zero attached hydrogens (tertiary/aromatic N) is 2. The maximum absolute atomic E-state index is 14.6. The molecule has 4 aromatic rings. The number of carboxylic acids is 1. The Labute approximate surface area is 296 Å². The standard InChI is InChI=1S/C33H36FN5O5S.C2HF3O2/c1-19(2)45(42,43)30-12-9-24(37-20(3)40)18-26(30)28-6-5-15-39(28)33(41)31(22-7-11-27(34)29(17-22)44-4)38-23-8-10-25-21(16-23)13-14-36-32(25)35;3-2(4,5)1(6)7/h7-14,16-19,28,31,38H,5-6,15H2,1-4H3,(H2,35,36)(H,37,40);(H,6,7). The number of anilines is 3. The van der Waals surface area contributed by atoms with Crippen molar-refractivity contribution in [3.8, 4) is 5.75 Å². The Hall–Kier alpha value is -5.45. The van der Waals surface area contributed by atoms with Crippen LogP contribution in [-0.2, 0) is 24.2 Å². The van der Waals surface area contributed by atoms with Crippen molar-refractivity contribution in [1.29, 1.82) is 0 Å². The first-order valence-corrected chi connectivity index (χ1v) is 17.4. The van der Waals surface area contributed by atoms with Gasteiger partial charge in [-0.25, -0.2) is 22.6 Å². The van der Waals surface area contributed by atoms with Gasteiger partial charge in [-0.2, -0.15) is 13.2 Å². The van der Waals surface area contributed by atoms with Crippen LogP contribution in [0.15, 0.2) is 71.8 Å². The van der Waals surface area contributed by atoms with E-state index in [-0.39, 0.29) is 22.5 Å². The van der Waals surface area contributed by atoms with Crippen molar-refractivity contribution >= 4 is 55.6 Å². The molecule has 0 radical (unpaired) electrons. The first-order chi connectivity index (χ1) is 24.3. The van der Waals surface area contributed by atoms with E-state index in [1.807, 2.05) is 18.2 Å². The minimum Gasteiger partial charge on any atom is -0.494 e. The van der Waals surface area contributed by atoms with Gasteiger partial charge in [-0.3, -0.25) is 9.59 Å². The van der Waals surface area contributed by atoms with Crippen LogP contribution in [0.3, 0.4) is 0 Å². The molecule has 3 aromatic carbocycles. The summed E-state index contributed by atoms with van der Waals surface area (Å²) in [4.78, 5) is 41.2. The zero-order valence-electron chi connectivity index (χ0n) is 28.5. The third-order valence-corrected chi connectivity index (χ3v) is 10.5. The molecule has 0 bridgehead atoms. The number of ether oxygens (including phenoxy) is 1. The van der Waals surface area contributed by atoms with Crippen molar-refractivity contribution in [2.24, 2.45) is 0 Å². The Morgan fingerprint density at radius 3 is 2.33 bits per heavy atom. The molecule has 0 saturated carbocycles. The molecule has 1 fully saturated rings. The molecular formula is C35H37F4N5O7S. The van der Waals surface area contributed by atoms with Crippen molar-refractivity contribution in [2.75, 3.05) is 30.0 Å². The highest BCUT2D eigenvalue weighted by Crippen LogP contribution is 2.40. The lowest BCUT2D eigenvalue weighted by molar-refractivity contribution is -0.192. The molecule has 1 aromatic heterocycles. The SMILES string of the molecule is COc1cc(C(Nc2ccc3c(N)nccc3c2)C(=O)N2CCCC2c2cc(NC(C)=O)ccc2S(=O)(=O)C(C)C)ccc1F.O=C(O)C(F)(F)F. The second kappa shape index (κ2) is 15.8. The van der Waals surface area contributed by atoms with Gasteiger partial charge in [0.15, 0.2) is 21.4 Å². The van der Waals surface area contributed by atoms with E-state index in [2.05, 4.69) is 15.6 Å². The highest BCUT2D eigenvalue weighted by molar-refractivity contribution is 7.92. The van der Waals surface area contributed by atoms with E-state index in [1.54, 1.807) is 43.1 Å². The van der Waals surface area contributed by atoms with Crippen LogP contribution in [0.25, 0.3) is 10.8 Å². The number of benzene rings is 3. The number of aromatic nitrogens is 1. The molecule has 17 heteroatoms. The predicted molar refractivity (Wildman–Crippen MR) is 186 cm³/mol. The van der Waals surface area contributed by atoms with E-state index in [9.17, 15) is 35.6 Å². The number of likely N-dealkylation sites (tertiary alicyclic amines) is 1. The summed E-state index contributed by atoms with van der Waals surface area (Å²) in [6.45, 7) is 4.95. The van der Waals surface area contributed by atoms with Crippen molar-refractivity contribution in [2.45, 2.75) is 62.0 Å². The van der Waals surface area contributed by atoms with Crippen molar-refractivity contribution in [3.05, 3.63) is 83.8 Å². The van der Waals surface area contributed by atoms with Gasteiger partial charge in [0.25, 0.3) is 0 Å². The quantitative estimate of drug-likeness (QED) is 0.143. The number of methoxy groups -OCH3 is 1. The van der Waals surface area contributed by atoms with E-state index in [1.165, 1.54) is 38.3 Å². The fourth-order valence-electron chi connectivity index (χ4n) is 5.72. The number of nitrogen functional groups attached to an aromatic ring is 1. The van der Waals surface area contributed by atoms with Gasteiger partial charge in [0.05, 0.1) is 23.3 Å². The summed E-state index contributed by atoms with van der Waals surface area (Å²) in [6.07, 6.45) is -2.34. The first-order valence-electron chi connectivity index (χ1n) is 15.8. The number of hydrogen-bond acceptors (Lipinski definition) is 9. The van der Waals surface area contributed by atoms with E-state index < -0.39 is 45.1 Å². The number of fused-ring (bicyclic) bond motifs is 1. The Kier molecular flexibility index (Phi) is 12.0. The number of carboxylic acid groups (broad SMARTS) is 1. The van der Waals surface area contributed by atoms with E-state index in [0.717, 1.165) is 10.8 Å². The molecule has 5 N–H and O–H groups in total. The number of hydrogen-bond donors (Lipinski definition) is 4. The number of nitrogens with one attached hydrogen (secondary N) is 2. The van der Waals surface area contributed by atoms with Gasteiger partial charge in [0.2, 0.25) is 11.8 Å². The molecule has 1 aliphatic heterocycles. The van der Waals surface area contributed by atoms with Gasteiger partial charge < -0.3 is 31.1 Å². The number of alkyl halides is 3. The second-order valence-corrected chi connectivity index (χ2v) is 14.6. The molecule has 0 spiro atoms. The van der Waals surface area contributed by atoms with Gasteiger partial charge in [-0.15, -0.1) is 0 Å². The number of amides is 2. The molecule has 0 aliphatic carbocycles. The Balaban J connectivity index is 0.000000785. The first kappa shape index (κ1) is 39.3. The van der Waals surface area contributed by atoms with Crippen molar-refractivity contribution in [1.82, 2.24) is 9.88 Å². The zero-order valence-corrected chi connectivity index (χ0v) is 29.3. The van der Waals surface area contributed by atoms with Crippen LogP contribution >= 0.6 is 0 Å². The third kappa shape index (κ3) is 8.88. The molecule has 52 heavy (non-hydrogen) atoms. The largest absolute Gasteiger partial charge is 0.494 e. The normalized spacial score (nSPS) is 15.1. The number of carbonyl (C=O) groups excluding carboxylic acids is 2. The van der Waals surface area contributed by atoms with Crippen molar-refractivity contribution < 1.29 is 50.2 Å². The van der Waals surface area contributed by atoms with Crippen LogP contribution in [0, 0.1) is 5.82 Å². The number of sulfone groups is 1. The number of aliphatic carboxylic acids is 1. The highest BCUT2D eigenvalue weighted by Gasteiger charge is 2.39. The summed E-state index contributed by atoms with van der Waals surface area (Å²) in [5.74, 6) is -3.61. The van der Waals surface area contributed by atoms with Crippen LogP contribution in [0.5, 0.6) is 5.75 Å². The van der Waals surface area contributed by atoms with Gasteiger partial charge in [0, 0.05) is 36.4 Å². The fourth-order valence-corrected chi connectivity index (χ4v) is 7.01. The predicted octanol–water partition coefficient (Wildman–Crippen LogP) is 6.26. The molecule has 2 atom stereocenters. The average molecular weight is 748 g/mol. The van der Waals surface area contributed by atoms with Crippen LogP contribution < -0.4 is 21.1 Å². The second-order valence-electron chi connectivity index (χ2n) is 12.1. The summed E-state index contributed by atoms with van der Waals surface area (Å²) in [7, 11) is -2.39. The molecule has 2 heterocycles. The zero-order chi connectivity index (χ0) is 38.5. The summed E-state index contributed by atoms with van der Waals surface area (Å²) in [5.41, 5.74) is 7.98. The maximum Gasteiger partial charge on any atom is 0.490 e. The van der Waals surface area contributed by atoms with Gasteiger partial charge >= 0.3 is 12.1 Å². The van der Waals surface area contributed by atoms with Crippen LogP contribution in [0.2, 0.25) is 0 Å². The smallest absolute Gasteiger partial charge is 0.490 e. The summed E-state index contributed by atoms with van der Waals surface area (Å²) >= 11 is 0. The Morgan fingerprint density at radius 2 is 1.71 bits per heavy atom. The Bertz CT molecular complexity index is 2090. The molecule has 2 unspecified atom stereocenters. The monoisotopic (exact) mass is 747 g/mol. The third-order valence-electron chi connectivity index (χ3n) is 8.26. The molecule has 278 valence electrons. The van der Waals surface area contributed by atoms with Gasteiger partial charge in [0.1, 0.15) is 11.9 Å². The average Bonchev–Trinajstić information content (AvgIpc) is 3.57. The summed E-state index contributed by atoms with van der Waals surface area (Å²) < 4.78 is 78.4. The lowest BCUT2D eigenvalue weighted by Gasteiger charge is -2.32. The molecule has 1 saturated heterocycles. The minimum atomic E-state index is -5.08. The highest BCUT2D eigenvalue weighted by atomic mass is 32.2. The van der Waals surface area contributed by atoms with E-state index >= 15 is 0 Å². The van der Waals surface area contributed by atoms with E-state index in [4.69, 9.17) is 20.4 Å². The molecule has 2 amide bonds. The number of carbonyl (C=O) groups is 3. The minimum absolute atomic E-state index is 0.0178. The van der Waals surface area contributed by atoms with Crippen LogP contribution in [0.4, 0.5) is 34.8 Å². The lowest BCUT2D eigenvalue weighted by atomic mass is 10.0. The van der Waals surface area contributed by atoms with Gasteiger partial charge in [-0.1, -0.05) is 6.07 Å². The van der Waals surface area contributed by atoms with Gasteiger partial charge in [-0.05, 0) is 97.8 Å².